The van der Waals surface area contributed by atoms with Crippen LogP contribution in [0.15, 0.2) is 30.3 Å². The molecule has 2 rings (SSSR count). The lowest BCUT2D eigenvalue weighted by Crippen LogP contribution is -2.39. The molecule has 2 unspecified atom stereocenters. The van der Waals surface area contributed by atoms with E-state index in [9.17, 15) is 9.59 Å². The van der Waals surface area contributed by atoms with Crippen molar-refractivity contribution in [3.05, 3.63) is 35.9 Å². The molecule has 1 aliphatic rings. The lowest BCUT2D eigenvalue weighted by molar-refractivity contribution is -0.165. The van der Waals surface area contributed by atoms with Crippen LogP contribution >= 0.6 is 0 Å². The molecule has 3 atom stereocenters. The Morgan fingerprint density at radius 3 is 2.00 bits per heavy atom. The van der Waals surface area contributed by atoms with Crippen molar-refractivity contribution in [2.75, 3.05) is 13.1 Å². The van der Waals surface area contributed by atoms with Gasteiger partial charge >= 0.3 is 11.9 Å². The summed E-state index contributed by atoms with van der Waals surface area (Å²) in [5, 5.41) is 36.0. The molecule has 7 heteroatoms. The quantitative estimate of drug-likeness (QED) is 0.531. The highest BCUT2D eigenvalue weighted by atomic mass is 16.4. The van der Waals surface area contributed by atoms with Gasteiger partial charge in [-0.1, -0.05) is 30.3 Å². The molecule has 0 radical (unpaired) electrons. The predicted octanol–water partition coefficient (Wildman–Crippen LogP) is 0.0310. The minimum Gasteiger partial charge on any atom is -0.479 e. The number of hydrogen-bond acceptors (Lipinski definition) is 5. The fourth-order valence-electron chi connectivity index (χ4n) is 2.13. The first-order valence-corrected chi connectivity index (χ1v) is 7.01. The molecule has 7 nitrogen and oxygen atoms in total. The topological polar surface area (TPSA) is 127 Å². The molecule has 1 saturated heterocycles. The predicted molar refractivity (Wildman–Crippen MR) is 78.6 cm³/mol. The van der Waals surface area contributed by atoms with Crippen molar-refractivity contribution in [1.82, 2.24) is 5.32 Å². The van der Waals surface area contributed by atoms with E-state index in [1.807, 2.05) is 0 Å². The van der Waals surface area contributed by atoms with Crippen LogP contribution in [0.4, 0.5) is 0 Å². The Kier molecular flexibility index (Phi) is 7.51. The summed E-state index contributed by atoms with van der Waals surface area (Å²) >= 11 is 0. The summed E-state index contributed by atoms with van der Waals surface area (Å²) in [6.07, 6.45) is -1.87. The summed E-state index contributed by atoms with van der Waals surface area (Å²) in [4.78, 5) is 19.5. The van der Waals surface area contributed by atoms with Crippen molar-refractivity contribution < 1.29 is 30.0 Å². The normalized spacial score (nSPS) is 20.2. The molecule has 0 spiro atoms. The first-order valence-electron chi connectivity index (χ1n) is 7.01. The van der Waals surface area contributed by atoms with E-state index in [0.29, 0.717) is 0 Å². The van der Waals surface area contributed by atoms with E-state index in [1.54, 1.807) is 0 Å². The summed E-state index contributed by atoms with van der Waals surface area (Å²) in [7, 11) is 0. The van der Waals surface area contributed by atoms with Gasteiger partial charge in [-0.2, -0.15) is 0 Å². The first-order chi connectivity index (χ1) is 10.4. The van der Waals surface area contributed by atoms with Crippen LogP contribution in [0.2, 0.25) is 0 Å². The molecule has 122 valence electrons. The zero-order valence-corrected chi connectivity index (χ0v) is 12.1. The third-order valence-corrected chi connectivity index (χ3v) is 3.37. The van der Waals surface area contributed by atoms with Gasteiger partial charge in [0, 0.05) is 6.54 Å². The Balaban J connectivity index is 0.000000225. The number of rotatable bonds is 4. The minimum absolute atomic E-state index is 0.750. The molecule has 0 bridgehead atoms. The number of nitrogens with one attached hydrogen (secondary N) is 1. The van der Waals surface area contributed by atoms with Crippen LogP contribution < -0.4 is 5.32 Å². The van der Waals surface area contributed by atoms with Gasteiger partial charge in [0.1, 0.15) is 0 Å². The third kappa shape index (κ3) is 5.80. The van der Waals surface area contributed by atoms with E-state index in [1.165, 1.54) is 24.9 Å². The molecule has 0 saturated carbocycles. The number of aliphatic hydroxyl groups is 2. The molecule has 0 aliphatic carbocycles. The van der Waals surface area contributed by atoms with Crippen molar-refractivity contribution >= 4 is 11.9 Å². The molecule has 1 aromatic rings. The number of carboxylic acid groups (broad SMARTS) is 2. The van der Waals surface area contributed by atoms with Gasteiger partial charge in [0.05, 0.1) is 0 Å². The van der Waals surface area contributed by atoms with Gasteiger partial charge in [-0.3, -0.25) is 0 Å². The molecular weight excluding hydrogens is 290 g/mol. The number of piperidine rings is 1. The van der Waals surface area contributed by atoms with Crippen molar-refractivity contribution in [2.24, 2.45) is 0 Å². The fraction of sp³-hybridized carbons (Fsp3) is 0.467. The molecule has 1 fully saturated rings. The van der Waals surface area contributed by atoms with E-state index >= 15 is 0 Å². The van der Waals surface area contributed by atoms with Gasteiger partial charge in [0.2, 0.25) is 0 Å². The number of carbonyl (C=O) groups is 2. The van der Waals surface area contributed by atoms with Crippen LogP contribution in [0.3, 0.4) is 0 Å². The van der Waals surface area contributed by atoms with Crippen molar-refractivity contribution in [2.45, 2.75) is 31.0 Å². The van der Waals surface area contributed by atoms with Crippen molar-refractivity contribution in [3.63, 3.8) is 0 Å². The lowest BCUT2D eigenvalue weighted by atomic mass is 9.92. The summed E-state index contributed by atoms with van der Waals surface area (Å²) < 4.78 is 0. The van der Waals surface area contributed by atoms with Gasteiger partial charge in [-0.15, -0.1) is 0 Å². The highest BCUT2D eigenvalue weighted by Gasteiger charge is 2.29. The Bertz CT molecular complexity index is 454. The molecule has 1 heterocycles. The number of aliphatic carboxylic acids is 2. The second kappa shape index (κ2) is 9.14. The van der Waals surface area contributed by atoms with Crippen LogP contribution in [0.25, 0.3) is 0 Å². The third-order valence-electron chi connectivity index (χ3n) is 3.37. The largest absolute Gasteiger partial charge is 0.479 e. The van der Waals surface area contributed by atoms with Gasteiger partial charge < -0.3 is 25.7 Å². The second-order valence-corrected chi connectivity index (χ2v) is 5.02. The van der Waals surface area contributed by atoms with Crippen LogP contribution in [0.1, 0.15) is 24.3 Å². The number of hydrogen-bond donors (Lipinski definition) is 5. The Labute approximate surface area is 128 Å². The van der Waals surface area contributed by atoms with Gasteiger partial charge in [-0.25, -0.2) is 9.59 Å². The van der Waals surface area contributed by atoms with Crippen LogP contribution in [0.5, 0.6) is 0 Å². The summed E-state index contributed by atoms with van der Waals surface area (Å²) in [5.74, 6) is -2.79. The van der Waals surface area contributed by atoms with Crippen molar-refractivity contribution in [1.29, 1.82) is 0 Å². The highest BCUT2D eigenvalue weighted by molar-refractivity contribution is 5.83. The summed E-state index contributed by atoms with van der Waals surface area (Å²) in [6, 6.07) is 10.8. The Morgan fingerprint density at radius 1 is 1.05 bits per heavy atom. The number of carboxylic acids is 2. The molecular formula is C15H21NO6. The van der Waals surface area contributed by atoms with Gasteiger partial charge in [-0.05, 0) is 30.9 Å². The Hall–Kier alpha value is -1.96. The maximum absolute atomic E-state index is 9.77. The van der Waals surface area contributed by atoms with Gasteiger partial charge in [0.25, 0.3) is 0 Å². The minimum atomic E-state index is -2.27. The number of benzene rings is 1. The average molecular weight is 311 g/mol. The lowest BCUT2D eigenvalue weighted by Gasteiger charge is -2.22. The smallest absolute Gasteiger partial charge is 0.335 e. The zero-order chi connectivity index (χ0) is 16.5. The van der Waals surface area contributed by atoms with Crippen LogP contribution in [-0.2, 0) is 9.59 Å². The number of aliphatic hydroxyl groups excluding tert-OH is 2. The van der Waals surface area contributed by atoms with Crippen LogP contribution in [0, 0.1) is 0 Å². The first kappa shape index (κ1) is 18.1. The zero-order valence-electron chi connectivity index (χ0n) is 12.1. The van der Waals surface area contributed by atoms with E-state index in [4.69, 9.17) is 20.4 Å². The van der Waals surface area contributed by atoms with Crippen molar-refractivity contribution in [3.8, 4) is 0 Å². The monoisotopic (exact) mass is 311 g/mol. The highest BCUT2D eigenvalue weighted by Crippen LogP contribution is 2.22. The van der Waals surface area contributed by atoms with Gasteiger partial charge in [0.15, 0.2) is 12.2 Å². The maximum Gasteiger partial charge on any atom is 0.335 e. The van der Waals surface area contributed by atoms with E-state index in [2.05, 4.69) is 35.6 Å². The van der Waals surface area contributed by atoms with E-state index < -0.39 is 24.1 Å². The van der Waals surface area contributed by atoms with E-state index in [-0.39, 0.29) is 0 Å². The summed E-state index contributed by atoms with van der Waals surface area (Å²) in [6.45, 7) is 2.35. The molecule has 0 amide bonds. The maximum atomic E-state index is 9.77. The molecule has 1 aromatic carbocycles. The SMILES string of the molecule is O=C(O)C(O)C(O)C(=O)O.c1ccc([C@@H]2CCCNC2)cc1. The summed E-state index contributed by atoms with van der Waals surface area (Å²) in [5.41, 5.74) is 1.49. The second-order valence-electron chi connectivity index (χ2n) is 5.02. The van der Waals surface area contributed by atoms with E-state index in [0.717, 1.165) is 12.5 Å². The molecule has 1 aliphatic heterocycles. The molecule has 22 heavy (non-hydrogen) atoms. The molecule has 0 aromatic heterocycles. The molecule has 5 N–H and O–H groups in total. The average Bonchev–Trinajstić information content (AvgIpc) is 2.55. The standard InChI is InChI=1S/C11H15N.C4H6O6/c1-2-5-10(6-3-1)11-7-4-8-12-9-11;5-1(3(7)8)2(6)4(9)10/h1-3,5-6,11-12H,4,7-9H2;1-2,5-6H,(H,7,8)(H,9,10)/t11-;/m1./s1. The fourth-order valence-corrected chi connectivity index (χ4v) is 2.13. The Morgan fingerprint density at radius 2 is 1.59 bits per heavy atom. The van der Waals surface area contributed by atoms with Crippen LogP contribution in [-0.4, -0.2) is 57.7 Å².